The highest BCUT2D eigenvalue weighted by atomic mass is 35.5. The number of likely N-dealkylation sites (tertiary alicyclic amines) is 1. The summed E-state index contributed by atoms with van der Waals surface area (Å²) < 4.78 is 0. The first-order chi connectivity index (χ1) is 8.86. The van der Waals surface area contributed by atoms with Crippen molar-refractivity contribution in [1.29, 1.82) is 0 Å². The second-order valence-electron chi connectivity index (χ2n) is 4.99. The maximum Gasteiger partial charge on any atom is 0.254 e. The minimum absolute atomic E-state index is 0.190. The number of carbonyl (C=O) groups is 1. The van der Waals surface area contributed by atoms with Crippen LogP contribution in [0.4, 0.5) is 5.69 Å². The van der Waals surface area contributed by atoms with Gasteiger partial charge in [0.15, 0.2) is 0 Å². The number of carbonyl (C=O) groups excluding carboxylic acids is 1. The Kier molecular flexibility index (Phi) is 3.95. The summed E-state index contributed by atoms with van der Waals surface area (Å²) >= 11 is 11.8. The first kappa shape index (κ1) is 14.4. The molecule has 2 rings (SSSR count). The van der Waals surface area contributed by atoms with Gasteiger partial charge in [-0.1, -0.05) is 36.5 Å². The van der Waals surface area contributed by atoms with Crippen LogP contribution in [0.1, 0.15) is 30.1 Å². The van der Waals surface area contributed by atoms with Crippen molar-refractivity contribution < 1.29 is 9.90 Å². The number of nitrogens with two attached hydrogens (primary N) is 1. The number of hydrogen-bond acceptors (Lipinski definition) is 3. The van der Waals surface area contributed by atoms with Gasteiger partial charge in [-0.05, 0) is 18.6 Å². The molecule has 0 radical (unpaired) electrons. The Morgan fingerprint density at radius 2 is 1.95 bits per heavy atom. The lowest BCUT2D eigenvalue weighted by atomic mass is 9.89. The molecular formula is C13H16Cl2N2O2. The molecular weight excluding hydrogens is 287 g/mol. The first-order valence-corrected chi connectivity index (χ1v) is 6.88. The van der Waals surface area contributed by atoms with Gasteiger partial charge >= 0.3 is 0 Å². The molecule has 1 aliphatic heterocycles. The SMILES string of the molecule is CCCC1(O)CN(C(=O)c2cc(Cl)c(N)c(Cl)c2)C1. The monoisotopic (exact) mass is 302 g/mol. The molecule has 0 aliphatic carbocycles. The summed E-state index contributed by atoms with van der Waals surface area (Å²) in [5, 5.41) is 10.6. The molecule has 19 heavy (non-hydrogen) atoms. The quantitative estimate of drug-likeness (QED) is 0.843. The standard InChI is InChI=1S/C13H16Cl2N2O2/c1-2-3-13(19)6-17(7-13)12(18)8-4-9(14)11(16)10(15)5-8/h4-5,19H,2-3,6-7,16H2,1H3. The zero-order valence-electron chi connectivity index (χ0n) is 10.6. The number of anilines is 1. The van der Waals surface area contributed by atoms with E-state index >= 15 is 0 Å². The van der Waals surface area contributed by atoms with Gasteiger partial charge in [0.25, 0.3) is 5.91 Å². The summed E-state index contributed by atoms with van der Waals surface area (Å²) in [6.45, 7) is 2.69. The zero-order chi connectivity index (χ0) is 14.2. The molecule has 1 aliphatic rings. The molecule has 0 spiro atoms. The Balaban J connectivity index is 2.10. The van der Waals surface area contributed by atoms with Crippen molar-refractivity contribution in [2.24, 2.45) is 0 Å². The average molecular weight is 303 g/mol. The summed E-state index contributed by atoms with van der Waals surface area (Å²) in [4.78, 5) is 13.8. The van der Waals surface area contributed by atoms with E-state index in [1.807, 2.05) is 6.92 Å². The van der Waals surface area contributed by atoms with Crippen molar-refractivity contribution in [3.8, 4) is 0 Å². The maximum atomic E-state index is 12.2. The van der Waals surface area contributed by atoms with Gasteiger partial charge in [0.1, 0.15) is 0 Å². The van der Waals surface area contributed by atoms with Crippen molar-refractivity contribution >= 4 is 34.8 Å². The number of hydrogen-bond donors (Lipinski definition) is 2. The molecule has 0 unspecified atom stereocenters. The van der Waals surface area contributed by atoms with Gasteiger partial charge in [-0.2, -0.15) is 0 Å². The van der Waals surface area contributed by atoms with Gasteiger partial charge in [-0.25, -0.2) is 0 Å². The minimum Gasteiger partial charge on any atom is -0.396 e. The molecule has 3 N–H and O–H groups in total. The van der Waals surface area contributed by atoms with Crippen molar-refractivity contribution in [3.05, 3.63) is 27.7 Å². The van der Waals surface area contributed by atoms with Crippen LogP contribution in [-0.2, 0) is 0 Å². The number of nitrogens with zero attached hydrogens (tertiary/aromatic N) is 1. The van der Waals surface area contributed by atoms with E-state index in [4.69, 9.17) is 28.9 Å². The van der Waals surface area contributed by atoms with E-state index in [2.05, 4.69) is 0 Å². The van der Waals surface area contributed by atoms with Gasteiger partial charge in [-0.15, -0.1) is 0 Å². The molecule has 1 aromatic rings. The fraction of sp³-hybridized carbons (Fsp3) is 0.462. The lowest BCUT2D eigenvalue weighted by Crippen LogP contribution is -2.63. The van der Waals surface area contributed by atoms with Crippen LogP contribution in [0.5, 0.6) is 0 Å². The fourth-order valence-electron chi connectivity index (χ4n) is 2.32. The number of aliphatic hydroxyl groups is 1. The van der Waals surface area contributed by atoms with Gasteiger partial charge in [0.2, 0.25) is 0 Å². The van der Waals surface area contributed by atoms with Crippen molar-refractivity contribution in [1.82, 2.24) is 4.90 Å². The molecule has 1 amide bonds. The second kappa shape index (κ2) is 5.19. The molecule has 1 saturated heterocycles. The summed E-state index contributed by atoms with van der Waals surface area (Å²) in [6, 6.07) is 3.00. The molecule has 0 aromatic heterocycles. The van der Waals surface area contributed by atoms with E-state index in [0.717, 1.165) is 6.42 Å². The highest BCUT2D eigenvalue weighted by Gasteiger charge is 2.42. The van der Waals surface area contributed by atoms with Crippen LogP contribution in [0.3, 0.4) is 0 Å². The molecule has 1 fully saturated rings. The van der Waals surface area contributed by atoms with Crippen LogP contribution in [0, 0.1) is 0 Å². The first-order valence-electron chi connectivity index (χ1n) is 6.12. The highest BCUT2D eigenvalue weighted by molar-refractivity contribution is 6.39. The third-order valence-corrected chi connectivity index (χ3v) is 3.92. The third kappa shape index (κ3) is 2.81. The minimum atomic E-state index is -0.744. The second-order valence-corrected chi connectivity index (χ2v) is 5.80. The van der Waals surface area contributed by atoms with Crippen LogP contribution < -0.4 is 5.73 Å². The molecule has 0 atom stereocenters. The molecule has 0 bridgehead atoms. The van der Waals surface area contributed by atoms with Crippen LogP contribution in [-0.4, -0.2) is 34.6 Å². The van der Waals surface area contributed by atoms with E-state index in [1.54, 1.807) is 4.90 Å². The Bertz CT molecular complexity index is 490. The lowest BCUT2D eigenvalue weighted by Gasteiger charge is -2.46. The number of β-amino-alcohol motifs (C(OH)–C–C–N with tert-alkyl or cyclic N) is 1. The normalized spacial score (nSPS) is 17.2. The Hall–Kier alpha value is -0.970. The number of benzene rings is 1. The van der Waals surface area contributed by atoms with Crippen LogP contribution in [0.2, 0.25) is 10.0 Å². The predicted molar refractivity (Wildman–Crippen MR) is 76.6 cm³/mol. The van der Waals surface area contributed by atoms with E-state index in [-0.39, 0.29) is 21.6 Å². The smallest absolute Gasteiger partial charge is 0.254 e. The predicted octanol–water partition coefficient (Wildman–Crippen LogP) is 2.56. The van der Waals surface area contributed by atoms with E-state index in [9.17, 15) is 9.90 Å². The number of halogens is 2. The third-order valence-electron chi connectivity index (χ3n) is 3.30. The topological polar surface area (TPSA) is 66.6 Å². The zero-order valence-corrected chi connectivity index (χ0v) is 12.1. The molecule has 6 heteroatoms. The largest absolute Gasteiger partial charge is 0.396 e. The summed E-state index contributed by atoms with van der Waals surface area (Å²) in [7, 11) is 0. The van der Waals surface area contributed by atoms with Gasteiger partial charge in [0, 0.05) is 5.56 Å². The van der Waals surface area contributed by atoms with Crippen LogP contribution >= 0.6 is 23.2 Å². The van der Waals surface area contributed by atoms with Crippen molar-refractivity contribution in [2.45, 2.75) is 25.4 Å². The average Bonchev–Trinajstić information content (AvgIpc) is 2.31. The lowest BCUT2D eigenvalue weighted by molar-refractivity contribution is -0.0860. The number of rotatable bonds is 3. The summed E-state index contributed by atoms with van der Waals surface area (Å²) in [5.74, 6) is -0.190. The van der Waals surface area contributed by atoms with Gasteiger partial charge in [-0.3, -0.25) is 4.79 Å². The summed E-state index contributed by atoms with van der Waals surface area (Å²) in [6.07, 6.45) is 1.58. The maximum absolute atomic E-state index is 12.2. The molecule has 4 nitrogen and oxygen atoms in total. The Morgan fingerprint density at radius 1 is 1.42 bits per heavy atom. The van der Waals surface area contributed by atoms with Gasteiger partial charge in [0.05, 0.1) is 34.4 Å². The number of nitrogen functional groups attached to an aromatic ring is 1. The van der Waals surface area contributed by atoms with E-state index in [1.165, 1.54) is 12.1 Å². The Labute approximate surface area is 122 Å². The molecule has 1 heterocycles. The molecule has 1 aromatic carbocycles. The van der Waals surface area contributed by atoms with Crippen molar-refractivity contribution in [2.75, 3.05) is 18.8 Å². The Morgan fingerprint density at radius 3 is 2.42 bits per heavy atom. The molecule has 104 valence electrons. The fourth-order valence-corrected chi connectivity index (χ4v) is 2.81. The van der Waals surface area contributed by atoms with E-state index in [0.29, 0.717) is 25.1 Å². The summed E-state index contributed by atoms with van der Waals surface area (Å²) in [5.41, 5.74) is 5.54. The van der Waals surface area contributed by atoms with Gasteiger partial charge < -0.3 is 15.7 Å². The molecule has 0 saturated carbocycles. The van der Waals surface area contributed by atoms with Crippen LogP contribution in [0.15, 0.2) is 12.1 Å². The van der Waals surface area contributed by atoms with Crippen LogP contribution in [0.25, 0.3) is 0 Å². The highest BCUT2D eigenvalue weighted by Crippen LogP contribution is 2.32. The van der Waals surface area contributed by atoms with E-state index < -0.39 is 5.60 Å². The van der Waals surface area contributed by atoms with Crippen molar-refractivity contribution in [3.63, 3.8) is 0 Å². The number of amides is 1.